The van der Waals surface area contributed by atoms with Crippen LogP contribution in [0.3, 0.4) is 0 Å². The van der Waals surface area contributed by atoms with Crippen molar-refractivity contribution in [3.63, 3.8) is 0 Å². The molecule has 0 aliphatic carbocycles. The van der Waals surface area contributed by atoms with E-state index in [1.54, 1.807) is 11.0 Å². The van der Waals surface area contributed by atoms with Crippen LogP contribution >= 0.6 is 0 Å². The third-order valence-corrected chi connectivity index (χ3v) is 4.07. The van der Waals surface area contributed by atoms with Gasteiger partial charge in [-0.25, -0.2) is 4.79 Å². The van der Waals surface area contributed by atoms with Gasteiger partial charge in [0.05, 0.1) is 18.8 Å². The van der Waals surface area contributed by atoms with Gasteiger partial charge in [-0.05, 0) is 30.7 Å². The van der Waals surface area contributed by atoms with Crippen molar-refractivity contribution in [1.82, 2.24) is 30.5 Å². The van der Waals surface area contributed by atoms with Crippen molar-refractivity contribution >= 4 is 5.97 Å². The normalized spacial score (nSPS) is 13.8. The molecule has 10 nitrogen and oxygen atoms in total. The second-order valence-corrected chi connectivity index (χ2v) is 6.46. The number of nitrogens with one attached hydrogen (secondary N) is 1. The number of aromatic nitrogens is 5. The first-order valence-corrected chi connectivity index (χ1v) is 9.28. The largest absolute Gasteiger partial charge is 0.494 e. The average Bonchev–Trinajstić information content (AvgIpc) is 3.35. The van der Waals surface area contributed by atoms with Gasteiger partial charge in [-0.1, -0.05) is 12.1 Å². The molecule has 0 unspecified atom stereocenters. The molecule has 31 heavy (non-hydrogen) atoms. The van der Waals surface area contributed by atoms with Crippen LogP contribution in [0.25, 0.3) is 23.0 Å². The van der Waals surface area contributed by atoms with Gasteiger partial charge >= 0.3 is 12.1 Å². The average molecular weight is 440 g/mol. The quantitative estimate of drug-likeness (QED) is 0.594. The maximum absolute atomic E-state index is 10.6. The van der Waals surface area contributed by atoms with E-state index in [-0.39, 0.29) is 0 Å². The van der Waals surface area contributed by atoms with Crippen molar-refractivity contribution in [2.24, 2.45) is 0 Å². The van der Waals surface area contributed by atoms with E-state index in [1.165, 1.54) is 0 Å². The molecule has 13 heteroatoms. The van der Waals surface area contributed by atoms with Crippen LogP contribution in [-0.4, -0.2) is 62.1 Å². The smallest absolute Gasteiger partial charge is 0.490 e. The molecule has 1 aliphatic heterocycles. The maximum atomic E-state index is 10.6. The summed E-state index contributed by atoms with van der Waals surface area (Å²) in [6.07, 6.45) is -2.45. The number of carboxylic acids is 1. The summed E-state index contributed by atoms with van der Waals surface area (Å²) >= 11 is 0. The number of nitrogens with zero attached hydrogens (tertiary/aromatic N) is 5. The Kier molecular flexibility index (Phi) is 6.84. The van der Waals surface area contributed by atoms with Crippen molar-refractivity contribution in [3.05, 3.63) is 30.5 Å². The standard InChI is InChI=1S/C16H18N6O2.C2HF3O2/c1-2-7-23-13-5-3-11(4-6-13)15-19-16(24-21-15)14-10-18-22(20-14)12-8-17-9-12;3-2(4,5)1(6)7/h3-6,10,12,17H,2,7-9H2,1H3;(H,6,7). The molecule has 0 radical (unpaired) electrons. The molecule has 1 aromatic carbocycles. The summed E-state index contributed by atoms with van der Waals surface area (Å²) in [4.78, 5) is 15.0. The van der Waals surface area contributed by atoms with E-state index < -0.39 is 12.1 Å². The predicted octanol–water partition coefficient (Wildman–Crippen LogP) is 2.56. The molecule has 1 aliphatic rings. The fourth-order valence-electron chi connectivity index (χ4n) is 2.35. The van der Waals surface area contributed by atoms with Crippen LogP contribution in [0.15, 0.2) is 35.0 Å². The highest BCUT2D eigenvalue weighted by Crippen LogP contribution is 2.23. The second kappa shape index (κ2) is 9.55. The van der Waals surface area contributed by atoms with Gasteiger partial charge in [0.15, 0.2) is 5.69 Å². The van der Waals surface area contributed by atoms with Gasteiger partial charge in [0.25, 0.3) is 5.89 Å². The topological polar surface area (TPSA) is 128 Å². The summed E-state index contributed by atoms with van der Waals surface area (Å²) in [5, 5.41) is 23.0. The highest BCUT2D eigenvalue weighted by Gasteiger charge is 2.38. The number of carboxylic acid groups (broad SMARTS) is 1. The zero-order valence-electron chi connectivity index (χ0n) is 16.3. The number of aliphatic carboxylic acids is 1. The van der Waals surface area contributed by atoms with E-state index in [2.05, 4.69) is 32.6 Å². The van der Waals surface area contributed by atoms with Gasteiger partial charge in [-0.15, -0.1) is 5.10 Å². The monoisotopic (exact) mass is 440 g/mol. The minimum absolute atomic E-state index is 0.303. The van der Waals surface area contributed by atoms with E-state index in [9.17, 15) is 13.2 Å². The number of ether oxygens (including phenoxy) is 1. The number of rotatable bonds is 6. The summed E-state index contributed by atoms with van der Waals surface area (Å²) in [7, 11) is 0. The highest BCUT2D eigenvalue weighted by atomic mass is 19.4. The van der Waals surface area contributed by atoms with Crippen molar-refractivity contribution in [3.8, 4) is 28.7 Å². The van der Waals surface area contributed by atoms with Crippen molar-refractivity contribution in [2.75, 3.05) is 19.7 Å². The summed E-state index contributed by atoms with van der Waals surface area (Å²) < 4.78 is 42.6. The Morgan fingerprint density at radius 2 is 2.00 bits per heavy atom. The number of alkyl halides is 3. The predicted molar refractivity (Wildman–Crippen MR) is 100 cm³/mol. The highest BCUT2D eigenvalue weighted by molar-refractivity contribution is 5.73. The molecule has 2 aromatic heterocycles. The number of hydrogen-bond acceptors (Lipinski definition) is 8. The van der Waals surface area contributed by atoms with Gasteiger partial charge in [0.2, 0.25) is 5.82 Å². The fourth-order valence-corrected chi connectivity index (χ4v) is 2.35. The Balaban J connectivity index is 0.000000339. The second-order valence-electron chi connectivity index (χ2n) is 6.46. The first kappa shape index (κ1) is 22.2. The van der Waals surface area contributed by atoms with Crippen LogP contribution < -0.4 is 10.1 Å². The fraction of sp³-hybridized carbons (Fsp3) is 0.389. The Hall–Kier alpha value is -3.48. The summed E-state index contributed by atoms with van der Waals surface area (Å²) in [5.74, 6) is -1.03. The SMILES string of the molecule is CCCOc1ccc(-c2noc(-c3cnn(C4CNC4)n3)n2)cc1.O=C(O)C(F)(F)F. The molecule has 3 aromatic rings. The van der Waals surface area contributed by atoms with Gasteiger partial charge in [0.1, 0.15) is 5.75 Å². The van der Waals surface area contributed by atoms with Crippen LogP contribution in [0.2, 0.25) is 0 Å². The lowest BCUT2D eigenvalue weighted by atomic mass is 10.2. The van der Waals surface area contributed by atoms with Crippen LogP contribution in [0.1, 0.15) is 19.4 Å². The summed E-state index contributed by atoms with van der Waals surface area (Å²) in [5.41, 5.74) is 1.45. The Morgan fingerprint density at radius 3 is 2.55 bits per heavy atom. The molecule has 2 N–H and O–H groups in total. The molecular weight excluding hydrogens is 421 g/mol. The zero-order valence-corrected chi connectivity index (χ0v) is 16.3. The van der Waals surface area contributed by atoms with Crippen molar-refractivity contribution < 1.29 is 32.3 Å². The number of benzene rings is 1. The van der Waals surface area contributed by atoms with Gasteiger partial charge in [-0.3, -0.25) is 0 Å². The van der Waals surface area contributed by atoms with Crippen molar-refractivity contribution in [2.45, 2.75) is 25.6 Å². The van der Waals surface area contributed by atoms with E-state index in [0.717, 1.165) is 30.8 Å². The van der Waals surface area contributed by atoms with Crippen LogP contribution in [0, 0.1) is 0 Å². The summed E-state index contributed by atoms with van der Waals surface area (Å²) in [6, 6.07) is 7.94. The lowest BCUT2D eigenvalue weighted by molar-refractivity contribution is -0.192. The molecule has 166 valence electrons. The zero-order chi connectivity index (χ0) is 22.4. The van der Waals surface area contributed by atoms with Gasteiger partial charge in [0, 0.05) is 18.7 Å². The Labute approximate surface area is 174 Å². The number of carbonyl (C=O) groups is 1. The van der Waals surface area contributed by atoms with E-state index in [0.29, 0.717) is 30.1 Å². The lowest BCUT2D eigenvalue weighted by Crippen LogP contribution is -2.44. The van der Waals surface area contributed by atoms with E-state index in [4.69, 9.17) is 19.2 Å². The molecule has 0 spiro atoms. The molecule has 1 fully saturated rings. The molecule has 0 saturated carbocycles. The first-order valence-electron chi connectivity index (χ1n) is 9.28. The Morgan fingerprint density at radius 1 is 1.32 bits per heavy atom. The number of halogens is 3. The van der Waals surface area contributed by atoms with Gasteiger partial charge < -0.3 is 19.7 Å². The summed E-state index contributed by atoms with van der Waals surface area (Å²) in [6.45, 7) is 4.55. The first-order chi connectivity index (χ1) is 14.8. The number of hydrogen-bond donors (Lipinski definition) is 2. The third-order valence-electron chi connectivity index (χ3n) is 4.07. The van der Waals surface area contributed by atoms with Crippen molar-refractivity contribution in [1.29, 1.82) is 0 Å². The molecule has 0 amide bonds. The third kappa shape index (κ3) is 5.78. The van der Waals surface area contributed by atoms with Crippen LogP contribution in [0.5, 0.6) is 5.75 Å². The molecule has 0 bridgehead atoms. The maximum Gasteiger partial charge on any atom is 0.490 e. The van der Waals surface area contributed by atoms with E-state index >= 15 is 0 Å². The van der Waals surface area contributed by atoms with Crippen LogP contribution in [0.4, 0.5) is 13.2 Å². The molecule has 4 rings (SSSR count). The molecule has 1 saturated heterocycles. The molecule has 0 atom stereocenters. The van der Waals surface area contributed by atoms with Crippen LogP contribution in [-0.2, 0) is 4.79 Å². The van der Waals surface area contributed by atoms with Gasteiger partial charge in [-0.2, -0.15) is 28.1 Å². The minimum atomic E-state index is -5.08. The minimum Gasteiger partial charge on any atom is -0.494 e. The molecular formula is C18H19F3N6O4. The lowest BCUT2D eigenvalue weighted by Gasteiger charge is -2.25. The Bertz CT molecular complexity index is 998. The molecule has 3 heterocycles. The van der Waals surface area contributed by atoms with E-state index in [1.807, 2.05) is 24.3 Å².